The highest BCUT2D eigenvalue weighted by Crippen LogP contribution is 2.28. The minimum absolute atomic E-state index is 0.0540. The van der Waals surface area contributed by atoms with E-state index in [0.29, 0.717) is 11.3 Å². The molecule has 0 aliphatic carbocycles. The molecule has 1 aliphatic heterocycles. The van der Waals surface area contributed by atoms with Crippen LogP contribution < -0.4 is 4.74 Å². The number of amides is 1. The molecule has 0 bridgehead atoms. The van der Waals surface area contributed by atoms with Gasteiger partial charge in [0, 0.05) is 20.0 Å². The summed E-state index contributed by atoms with van der Waals surface area (Å²) in [5.74, 6) is -0.119. The van der Waals surface area contributed by atoms with E-state index in [1.807, 2.05) is 35.2 Å². The fraction of sp³-hybridized carbons (Fsp3) is 0.333. The van der Waals surface area contributed by atoms with Gasteiger partial charge in [-0.2, -0.15) is 0 Å². The monoisotopic (exact) mass is 297 g/mol. The molecule has 1 saturated heterocycles. The van der Waals surface area contributed by atoms with Crippen LogP contribution in [0.2, 0.25) is 0 Å². The van der Waals surface area contributed by atoms with Crippen molar-refractivity contribution in [3.8, 4) is 5.75 Å². The van der Waals surface area contributed by atoms with Crippen LogP contribution in [0.1, 0.15) is 36.5 Å². The van der Waals surface area contributed by atoms with Crippen molar-refractivity contribution in [2.24, 2.45) is 0 Å². The summed E-state index contributed by atoms with van der Waals surface area (Å²) in [6.45, 7) is 2.89. The lowest BCUT2D eigenvalue weighted by molar-refractivity contribution is -0.131. The van der Waals surface area contributed by atoms with E-state index in [9.17, 15) is 9.59 Å². The van der Waals surface area contributed by atoms with Crippen molar-refractivity contribution in [1.82, 2.24) is 4.90 Å². The molecule has 0 spiro atoms. The lowest BCUT2D eigenvalue weighted by Crippen LogP contribution is -2.35. The average molecular weight is 297 g/mol. The van der Waals surface area contributed by atoms with Crippen LogP contribution in [-0.4, -0.2) is 29.9 Å². The molecule has 4 heteroatoms. The van der Waals surface area contributed by atoms with E-state index in [1.165, 1.54) is 6.92 Å². The first kappa shape index (κ1) is 14.6. The number of esters is 1. The Balaban J connectivity index is 2.04. The molecule has 0 N–H and O–H groups in total. The van der Waals surface area contributed by atoms with Gasteiger partial charge in [-0.3, -0.25) is 9.59 Å². The zero-order chi connectivity index (χ0) is 15.5. The van der Waals surface area contributed by atoms with Gasteiger partial charge in [-0.05, 0) is 42.2 Å². The Morgan fingerprint density at radius 1 is 1.00 bits per heavy atom. The minimum Gasteiger partial charge on any atom is -0.426 e. The molecule has 3 rings (SSSR count). The lowest BCUT2D eigenvalue weighted by atomic mass is 10.0. The first-order chi connectivity index (χ1) is 10.6. The summed E-state index contributed by atoms with van der Waals surface area (Å²) in [7, 11) is 0. The SMILES string of the molecule is CC(=O)Oc1cc2ccccc2cc1C(=O)N1CCCCC1. The largest absolute Gasteiger partial charge is 0.426 e. The topological polar surface area (TPSA) is 46.6 Å². The number of carbonyl (C=O) groups is 2. The lowest BCUT2D eigenvalue weighted by Gasteiger charge is -2.27. The molecule has 0 aromatic heterocycles. The fourth-order valence-electron chi connectivity index (χ4n) is 2.89. The number of hydrogen-bond donors (Lipinski definition) is 0. The van der Waals surface area contributed by atoms with Gasteiger partial charge in [-0.1, -0.05) is 24.3 Å². The number of fused-ring (bicyclic) bond motifs is 1. The number of piperidine rings is 1. The second kappa shape index (κ2) is 6.18. The van der Waals surface area contributed by atoms with Crippen molar-refractivity contribution in [3.63, 3.8) is 0 Å². The van der Waals surface area contributed by atoms with Crippen LogP contribution in [0.3, 0.4) is 0 Å². The summed E-state index contributed by atoms with van der Waals surface area (Å²) in [5.41, 5.74) is 0.468. The second-order valence-electron chi connectivity index (χ2n) is 5.64. The molecule has 0 unspecified atom stereocenters. The highest BCUT2D eigenvalue weighted by atomic mass is 16.5. The van der Waals surface area contributed by atoms with Crippen LogP contribution in [0, 0.1) is 0 Å². The maximum absolute atomic E-state index is 12.8. The van der Waals surface area contributed by atoms with Crippen molar-refractivity contribution in [2.75, 3.05) is 13.1 Å². The molecule has 1 heterocycles. The molecule has 2 aromatic carbocycles. The summed E-state index contributed by atoms with van der Waals surface area (Å²) in [4.78, 5) is 26.0. The molecule has 0 atom stereocenters. The third-order valence-corrected chi connectivity index (χ3v) is 3.98. The third kappa shape index (κ3) is 2.96. The van der Waals surface area contributed by atoms with Crippen LogP contribution in [0.4, 0.5) is 0 Å². The predicted molar refractivity (Wildman–Crippen MR) is 85.0 cm³/mol. The van der Waals surface area contributed by atoms with Gasteiger partial charge in [0.05, 0.1) is 5.56 Å². The van der Waals surface area contributed by atoms with Gasteiger partial charge >= 0.3 is 5.97 Å². The number of hydrogen-bond acceptors (Lipinski definition) is 3. The standard InChI is InChI=1S/C18H19NO3/c1-13(20)22-17-12-15-8-4-3-7-14(15)11-16(17)18(21)19-9-5-2-6-10-19/h3-4,7-8,11-12H,2,5-6,9-10H2,1H3. The second-order valence-corrected chi connectivity index (χ2v) is 5.64. The Morgan fingerprint density at radius 2 is 1.64 bits per heavy atom. The van der Waals surface area contributed by atoms with Gasteiger partial charge in [0.25, 0.3) is 5.91 Å². The molecule has 4 nitrogen and oxygen atoms in total. The smallest absolute Gasteiger partial charge is 0.308 e. The van der Waals surface area contributed by atoms with Crippen LogP contribution in [0.25, 0.3) is 10.8 Å². The first-order valence-corrected chi connectivity index (χ1v) is 7.65. The molecule has 114 valence electrons. The molecule has 2 aromatic rings. The van der Waals surface area contributed by atoms with E-state index >= 15 is 0 Å². The molecule has 1 aliphatic rings. The van der Waals surface area contributed by atoms with Crippen molar-refractivity contribution < 1.29 is 14.3 Å². The first-order valence-electron chi connectivity index (χ1n) is 7.65. The summed E-state index contributed by atoms with van der Waals surface area (Å²) >= 11 is 0. The number of carbonyl (C=O) groups excluding carboxylic acids is 2. The maximum Gasteiger partial charge on any atom is 0.308 e. The summed E-state index contributed by atoms with van der Waals surface area (Å²) < 4.78 is 5.28. The molecule has 1 fully saturated rings. The number of nitrogens with zero attached hydrogens (tertiary/aromatic N) is 1. The normalized spacial score (nSPS) is 14.9. The van der Waals surface area contributed by atoms with E-state index in [4.69, 9.17) is 4.74 Å². The van der Waals surface area contributed by atoms with E-state index in [2.05, 4.69) is 0 Å². The van der Waals surface area contributed by atoms with Crippen LogP contribution in [-0.2, 0) is 4.79 Å². The molecular formula is C18H19NO3. The highest BCUT2D eigenvalue weighted by molar-refractivity contribution is 6.02. The number of ether oxygens (including phenoxy) is 1. The highest BCUT2D eigenvalue weighted by Gasteiger charge is 2.22. The number of rotatable bonds is 2. The number of likely N-dealkylation sites (tertiary alicyclic amines) is 1. The van der Waals surface area contributed by atoms with Gasteiger partial charge in [0.1, 0.15) is 5.75 Å². The maximum atomic E-state index is 12.8. The Morgan fingerprint density at radius 3 is 2.27 bits per heavy atom. The minimum atomic E-state index is -0.414. The van der Waals surface area contributed by atoms with Gasteiger partial charge in [0.15, 0.2) is 0 Å². The van der Waals surface area contributed by atoms with Crippen LogP contribution in [0.5, 0.6) is 5.75 Å². The summed E-state index contributed by atoms with van der Waals surface area (Å²) in [6, 6.07) is 11.4. The summed E-state index contributed by atoms with van der Waals surface area (Å²) in [6.07, 6.45) is 3.22. The van der Waals surface area contributed by atoms with Gasteiger partial charge in [0.2, 0.25) is 0 Å². The molecule has 0 radical (unpaired) electrons. The van der Waals surface area contributed by atoms with Crippen molar-refractivity contribution in [2.45, 2.75) is 26.2 Å². The van der Waals surface area contributed by atoms with Crippen molar-refractivity contribution in [3.05, 3.63) is 42.0 Å². The van der Waals surface area contributed by atoms with E-state index in [-0.39, 0.29) is 5.91 Å². The Labute approximate surface area is 129 Å². The van der Waals surface area contributed by atoms with Crippen molar-refractivity contribution in [1.29, 1.82) is 0 Å². The van der Waals surface area contributed by atoms with Gasteiger partial charge in [-0.15, -0.1) is 0 Å². The van der Waals surface area contributed by atoms with Gasteiger partial charge < -0.3 is 9.64 Å². The van der Waals surface area contributed by atoms with E-state index in [1.54, 1.807) is 6.07 Å². The molecular weight excluding hydrogens is 278 g/mol. The molecule has 0 saturated carbocycles. The Kier molecular flexibility index (Phi) is 4.09. The zero-order valence-corrected chi connectivity index (χ0v) is 12.7. The predicted octanol–water partition coefficient (Wildman–Crippen LogP) is 3.39. The quantitative estimate of drug-likeness (QED) is 0.630. The molecule has 1 amide bonds. The number of benzene rings is 2. The van der Waals surface area contributed by atoms with Gasteiger partial charge in [-0.25, -0.2) is 0 Å². The average Bonchev–Trinajstić information content (AvgIpc) is 2.54. The Bertz CT molecular complexity index is 717. The van der Waals surface area contributed by atoms with Crippen molar-refractivity contribution >= 4 is 22.6 Å². The fourth-order valence-corrected chi connectivity index (χ4v) is 2.89. The Hall–Kier alpha value is -2.36. The molecule has 22 heavy (non-hydrogen) atoms. The van der Waals surface area contributed by atoms with Crippen LogP contribution in [0.15, 0.2) is 36.4 Å². The third-order valence-electron chi connectivity index (χ3n) is 3.98. The van der Waals surface area contributed by atoms with Crippen LogP contribution >= 0.6 is 0 Å². The van der Waals surface area contributed by atoms with E-state index < -0.39 is 5.97 Å². The zero-order valence-electron chi connectivity index (χ0n) is 12.7. The van der Waals surface area contributed by atoms with E-state index in [0.717, 1.165) is 43.1 Å². The summed E-state index contributed by atoms with van der Waals surface area (Å²) in [5, 5.41) is 1.92.